The van der Waals surface area contributed by atoms with Crippen molar-refractivity contribution in [1.82, 2.24) is 10.6 Å². The van der Waals surface area contributed by atoms with Crippen LogP contribution in [0, 0.1) is 0 Å². The molecule has 192 valence electrons. The van der Waals surface area contributed by atoms with Crippen LogP contribution in [0.5, 0.6) is 34.5 Å². The number of allylic oxidation sites excluding steroid dienone is 1. The highest BCUT2D eigenvalue weighted by atomic mass is 32.2. The van der Waals surface area contributed by atoms with Crippen LogP contribution in [0.4, 0.5) is 0 Å². The highest BCUT2D eigenvalue weighted by Crippen LogP contribution is 2.47. The molecule has 0 radical (unpaired) electrons. The molecule has 2 N–H and O–H groups in total. The largest absolute Gasteiger partial charge is 0.493 e. The van der Waals surface area contributed by atoms with Crippen molar-refractivity contribution in [3.05, 3.63) is 52.2 Å². The van der Waals surface area contributed by atoms with E-state index in [4.69, 9.17) is 40.6 Å². The Labute approximate surface area is 220 Å². The first-order valence-electron chi connectivity index (χ1n) is 11.2. The van der Waals surface area contributed by atoms with E-state index in [2.05, 4.69) is 16.7 Å². The molecule has 2 aromatic carbocycles. The van der Waals surface area contributed by atoms with Gasteiger partial charge in [-0.25, -0.2) is 0 Å². The van der Waals surface area contributed by atoms with Crippen molar-refractivity contribution < 1.29 is 28.4 Å². The second-order valence-electron chi connectivity index (χ2n) is 7.94. The van der Waals surface area contributed by atoms with Crippen LogP contribution in [-0.4, -0.2) is 59.3 Å². The Morgan fingerprint density at radius 3 is 2.00 bits per heavy atom. The van der Waals surface area contributed by atoms with Gasteiger partial charge < -0.3 is 39.1 Å². The first-order chi connectivity index (χ1) is 17.5. The molecule has 1 unspecified atom stereocenters. The summed E-state index contributed by atoms with van der Waals surface area (Å²) in [7, 11) is 9.65. The van der Waals surface area contributed by atoms with E-state index >= 15 is 0 Å². The van der Waals surface area contributed by atoms with E-state index < -0.39 is 0 Å². The second-order valence-corrected chi connectivity index (χ2v) is 9.34. The molecule has 0 fully saturated rings. The predicted molar refractivity (Wildman–Crippen MR) is 146 cm³/mol. The van der Waals surface area contributed by atoms with Crippen molar-refractivity contribution in [2.45, 2.75) is 6.04 Å². The van der Waals surface area contributed by atoms with Gasteiger partial charge in [-0.2, -0.15) is 11.8 Å². The first kappa shape index (κ1) is 25.8. The summed E-state index contributed by atoms with van der Waals surface area (Å²) < 4.78 is 33.6. The van der Waals surface area contributed by atoms with E-state index in [0.717, 1.165) is 39.5 Å². The Balaban J connectivity index is 1.85. The third-order valence-corrected chi connectivity index (χ3v) is 7.38. The minimum atomic E-state index is -0.202. The van der Waals surface area contributed by atoms with Crippen LogP contribution in [0.2, 0.25) is 0 Å². The molecule has 0 saturated heterocycles. The van der Waals surface area contributed by atoms with E-state index in [-0.39, 0.29) is 6.04 Å². The monoisotopic (exact) mass is 530 g/mol. The first-order valence-corrected chi connectivity index (χ1v) is 12.7. The number of benzene rings is 2. The number of thioether (sulfide) groups is 1. The molecule has 0 bridgehead atoms. The molecule has 0 aromatic heterocycles. The quantitative estimate of drug-likeness (QED) is 0.481. The number of hydrogen-bond donors (Lipinski definition) is 2. The molecular weight excluding hydrogens is 500 g/mol. The number of thiocarbonyl (C=S) groups is 1. The third-order valence-electron chi connectivity index (χ3n) is 6.13. The zero-order valence-corrected chi connectivity index (χ0v) is 22.8. The van der Waals surface area contributed by atoms with Gasteiger partial charge in [0.1, 0.15) is 0 Å². The molecule has 0 saturated carbocycles. The Hall–Kier alpha value is -3.24. The average molecular weight is 531 g/mol. The minimum absolute atomic E-state index is 0.202. The molecule has 2 aromatic rings. The van der Waals surface area contributed by atoms with Gasteiger partial charge in [0.25, 0.3) is 0 Å². The molecule has 2 heterocycles. The highest BCUT2D eigenvalue weighted by molar-refractivity contribution is 7.99. The lowest BCUT2D eigenvalue weighted by atomic mass is 9.92. The zero-order chi connectivity index (χ0) is 25.8. The molecule has 0 amide bonds. The summed E-state index contributed by atoms with van der Waals surface area (Å²) in [5.41, 5.74) is 5.05. The fourth-order valence-electron chi connectivity index (χ4n) is 4.53. The topological polar surface area (TPSA) is 79.4 Å². The van der Waals surface area contributed by atoms with E-state index in [1.807, 2.05) is 36.0 Å². The van der Waals surface area contributed by atoms with E-state index in [0.29, 0.717) is 39.6 Å². The Morgan fingerprint density at radius 2 is 1.39 bits per heavy atom. The highest BCUT2D eigenvalue weighted by Gasteiger charge is 2.34. The fourth-order valence-corrected chi connectivity index (χ4v) is 5.83. The average Bonchev–Trinajstić information content (AvgIpc) is 2.91. The van der Waals surface area contributed by atoms with Crippen molar-refractivity contribution in [2.75, 3.05) is 54.2 Å². The van der Waals surface area contributed by atoms with Crippen molar-refractivity contribution in [3.63, 3.8) is 0 Å². The normalized spacial score (nSPS) is 18.1. The summed E-state index contributed by atoms with van der Waals surface area (Å²) in [6, 6.07) is 7.49. The predicted octanol–water partition coefficient (Wildman–Crippen LogP) is 4.34. The number of ether oxygens (including phenoxy) is 6. The van der Waals surface area contributed by atoms with Crippen LogP contribution in [0.15, 0.2) is 41.1 Å². The Morgan fingerprint density at radius 1 is 0.778 bits per heavy atom. The Kier molecular flexibility index (Phi) is 8.05. The summed E-state index contributed by atoms with van der Waals surface area (Å²) in [5, 5.41) is 7.35. The fraction of sp³-hybridized carbons (Fsp3) is 0.346. The standard InChI is InChI=1S/C26H30N2O6S2/c1-29-18-9-7-14(22(31-3)24(18)33-5)11-15-12-36-13-17-20(15)27-26(35)28-21(17)16-8-10-19(30-2)25(34-6)23(16)32-4/h7-11,21H,12-13H2,1-6H3,(H2,27,28,35)/b15-11-. The van der Waals surface area contributed by atoms with Crippen LogP contribution in [0.25, 0.3) is 6.08 Å². The van der Waals surface area contributed by atoms with Gasteiger partial charge >= 0.3 is 0 Å². The molecule has 0 aliphatic carbocycles. The van der Waals surface area contributed by atoms with E-state index in [1.54, 1.807) is 42.7 Å². The lowest BCUT2D eigenvalue weighted by Crippen LogP contribution is -2.46. The summed E-state index contributed by atoms with van der Waals surface area (Å²) in [4.78, 5) is 0. The van der Waals surface area contributed by atoms with Crippen molar-refractivity contribution in [1.29, 1.82) is 0 Å². The molecule has 0 spiro atoms. The van der Waals surface area contributed by atoms with Gasteiger partial charge in [0.15, 0.2) is 28.1 Å². The SMILES string of the molecule is COc1ccc(/C=C2/CSCC3=C2NC(=S)NC3c2ccc(OC)c(OC)c2OC)c(OC)c1OC. The van der Waals surface area contributed by atoms with Gasteiger partial charge in [-0.05, 0) is 53.7 Å². The summed E-state index contributed by atoms with van der Waals surface area (Å²) in [5.74, 6) is 5.14. The van der Waals surface area contributed by atoms with Crippen LogP contribution >= 0.6 is 24.0 Å². The molecule has 10 heteroatoms. The maximum absolute atomic E-state index is 5.78. The van der Waals surface area contributed by atoms with Gasteiger partial charge in [0, 0.05) is 28.3 Å². The molecule has 2 aliphatic rings. The number of methoxy groups -OCH3 is 6. The maximum Gasteiger partial charge on any atom is 0.203 e. The van der Waals surface area contributed by atoms with Crippen molar-refractivity contribution >= 4 is 35.2 Å². The van der Waals surface area contributed by atoms with Crippen molar-refractivity contribution in [3.8, 4) is 34.5 Å². The van der Waals surface area contributed by atoms with Crippen LogP contribution in [0.3, 0.4) is 0 Å². The molecular formula is C26H30N2O6S2. The smallest absolute Gasteiger partial charge is 0.203 e. The number of nitrogens with one attached hydrogen (secondary N) is 2. The Bertz CT molecular complexity index is 1230. The summed E-state index contributed by atoms with van der Waals surface area (Å²) in [6.45, 7) is 0. The minimum Gasteiger partial charge on any atom is -0.493 e. The van der Waals surface area contributed by atoms with E-state index in [1.165, 1.54) is 0 Å². The lowest BCUT2D eigenvalue weighted by molar-refractivity contribution is 0.321. The molecule has 4 rings (SSSR count). The summed E-state index contributed by atoms with van der Waals surface area (Å²) in [6.07, 6.45) is 2.10. The van der Waals surface area contributed by atoms with Gasteiger partial charge in [-0.15, -0.1) is 0 Å². The van der Waals surface area contributed by atoms with Crippen molar-refractivity contribution in [2.24, 2.45) is 0 Å². The molecule has 36 heavy (non-hydrogen) atoms. The van der Waals surface area contributed by atoms with Crippen LogP contribution in [-0.2, 0) is 0 Å². The zero-order valence-electron chi connectivity index (χ0n) is 21.1. The second kappa shape index (κ2) is 11.2. The van der Waals surface area contributed by atoms with Gasteiger partial charge in [0.05, 0.1) is 48.7 Å². The van der Waals surface area contributed by atoms with Gasteiger partial charge in [0.2, 0.25) is 11.5 Å². The number of rotatable bonds is 8. The van der Waals surface area contributed by atoms with E-state index in [9.17, 15) is 0 Å². The van der Waals surface area contributed by atoms with Crippen LogP contribution in [0.1, 0.15) is 17.2 Å². The summed E-state index contributed by atoms with van der Waals surface area (Å²) >= 11 is 7.46. The molecule has 8 nitrogen and oxygen atoms in total. The molecule has 2 aliphatic heterocycles. The van der Waals surface area contributed by atoms with Gasteiger partial charge in [-0.3, -0.25) is 0 Å². The lowest BCUT2D eigenvalue weighted by Gasteiger charge is -2.36. The molecule has 1 atom stereocenters. The maximum atomic E-state index is 5.78. The van der Waals surface area contributed by atoms with Gasteiger partial charge in [-0.1, -0.05) is 0 Å². The number of hydrogen-bond acceptors (Lipinski definition) is 8. The van der Waals surface area contributed by atoms with Crippen LogP contribution < -0.4 is 39.1 Å². The third kappa shape index (κ3) is 4.62.